The molecular weight excluding hydrogens is 284 g/mol. The Labute approximate surface area is 128 Å². The lowest BCUT2D eigenvalue weighted by atomic mass is 10.1. The predicted octanol–water partition coefficient (Wildman–Crippen LogP) is 2.15. The Morgan fingerprint density at radius 1 is 1.09 bits per heavy atom. The number of nitrogens with zero attached hydrogens (tertiary/aromatic N) is 2. The van der Waals surface area contributed by atoms with Crippen molar-refractivity contribution in [1.82, 2.24) is 4.98 Å². The van der Waals surface area contributed by atoms with Gasteiger partial charge in [0.15, 0.2) is 0 Å². The molecule has 0 fully saturated rings. The summed E-state index contributed by atoms with van der Waals surface area (Å²) in [6, 6.07) is 9.97. The highest BCUT2D eigenvalue weighted by molar-refractivity contribution is 6.09. The lowest BCUT2D eigenvalue weighted by Crippen LogP contribution is -2.28. The second-order valence-electron chi connectivity index (χ2n) is 4.46. The molecule has 22 heavy (non-hydrogen) atoms. The Balaban J connectivity index is 2.32. The van der Waals surface area contributed by atoms with Gasteiger partial charge in [0, 0.05) is 19.3 Å². The van der Waals surface area contributed by atoms with Crippen LogP contribution in [0.1, 0.15) is 20.7 Å². The molecule has 1 aromatic carbocycles. The first-order valence-electron chi connectivity index (χ1n) is 6.54. The van der Waals surface area contributed by atoms with Crippen molar-refractivity contribution < 1.29 is 19.1 Å². The third-order valence-corrected chi connectivity index (χ3v) is 3.17. The van der Waals surface area contributed by atoms with Crippen LogP contribution in [-0.2, 0) is 4.74 Å². The maximum atomic E-state index is 12.5. The van der Waals surface area contributed by atoms with E-state index in [0.29, 0.717) is 22.7 Å². The van der Waals surface area contributed by atoms with E-state index in [1.54, 1.807) is 43.4 Å². The average molecular weight is 300 g/mol. The molecule has 6 nitrogen and oxygen atoms in total. The zero-order chi connectivity index (χ0) is 16.1. The quantitative estimate of drug-likeness (QED) is 0.809. The number of pyridine rings is 1. The van der Waals surface area contributed by atoms with Crippen molar-refractivity contribution in [2.45, 2.75) is 0 Å². The number of benzene rings is 1. The van der Waals surface area contributed by atoms with Gasteiger partial charge in [-0.1, -0.05) is 12.1 Å². The van der Waals surface area contributed by atoms with Gasteiger partial charge in [-0.05, 0) is 18.2 Å². The van der Waals surface area contributed by atoms with Crippen molar-refractivity contribution in [2.75, 3.05) is 26.2 Å². The predicted molar refractivity (Wildman–Crippen MR) is 81.3 cm³/mol. The molecule has 0 aliphatic heterocycles. The number of rotatable bonds is 4. The van der Waals surface area contributed by atoms with Crippen LogP contribution in [-0.4, -0.2) is 38.1 Å². The van der Waals surface area contributed by atoms with Crippen molar-refractivity contribution in [3.8, 4) is 5.88 Å². The number of carbonyl (C=O) groups is 2. The van der Waals surface area contributed by atoms with Gasteiger partial charge >= 0.3 is 5.97 Å². The molecule has 0 unspecified atom stereocenters. The molecule has 1 amide bonds. The number of ether oxygens (including phenoxy) is 2. The van der Waals surface area contributed by atoms with Crippen molar-refractivity contribution in [1.29, 1.82) is 0 Å². The van der Waals surface area contributed by atoms with Gasteiger partial charge in [-0.2, -0.15) is 0 Å². The SMILES string of the molecule is COC(=O)c1ccccc1N(C)C(=O)c1ccc(OC)nc1. The number of methoxy groups -OCH3 is 2. The lowest BCUT2D eigenvalue weighted by Gasteiger charge is -2.19. The highest BCUT2D eigenvalue weighted by Gasteiger charge is 2.20. The summed E-state index contributed by atoms with van der Waals surface area (Å²) >= 11 is 0. The Morgan fingerprint density at radius 2 is 1.82 bits per heavy atom. The first-order chi connectivity index (χ1) is 10.6. The second kappa shape index (κ2) is 6.71. The molecule has 0 spiro atoms. The largest absolute Gasteiger partial charge is 0.481 e. The van der Waals surface area contributed by atoms with E-state index in [9.17, 15) is 9.59 Å². The Bertz CT molecular complexity index is 683. The van der Waals surface area contributed by atoms with Gasteiger partial charge in [0.25, 0.3) is 5.91 Å². The van der Waals surface area contributed by atoms with Crippen LogP contribution in [0, 0.1) is 0 Å². The van der Waals surface area contributed by atoms with Crippen molar-refractivity contribution in [3.05, 3.63) is 53.7 Å². The first-order valence-corrected chi connectivity index (χ1v) is 6.54. The van der Waals surface area contributed by atoms with E-state index in [4.69, 9.17) is 9.47 Å². The number of hydrogen-bond donors (Lipinski definition) is 0. The van der Waals surface area contributed by atoms with Crippen LogP contribution in [0.15, 0.2) is 42.6 Å². The maximum absolute atomic E-state index is 12.5. The van der Waals surface area contributed by atoms with Crippen molar-refractivity contribution in [3.63, 3.8) is 0 Å². The molecule has 1 heterocycles. The maximum Gasteiger partial charge on any atom is 0.339 e. The molecule has 0 saturated heterocycles. The molecule has 0 saturated carbocycles. The van der Waals surface area contributed by atoms with Crippen LogP contribution in [0.5, 0.6) is 5.88 Å². The Hall–Kier alpha value is -2.89. The molecule has 0 atom stereocenters. The molecule has 1 aromatic heterocycles. The van der Waals surface area contributed by atoms with Gasteiger partial charge in [0.1, 0.15) is 0 Å². The molecule has 0 aliphatic rings. The van der Waals surface area contributed by atoms with E-state index in [-0.39, 0.29) is 5.91 Å². The van der Waals surface area contributed by atoms with Crippen molar-refractivity contribution in [2.24, 2.45) is 0 Å². The normalized spacial score (nSPS) is 9.95. The van der Waals surface area contributed by atoms with Crippen LogP contribution in [0.4, 0.5) is 5.69 Å². The fourth-order valence-corrected chi connectivity index (χ4v) is 1.98. The number of hydrogen-bond acceptors (Lipinski definition) is 5. The fraction of sp³-hybridized carbons (Fsp3) is 0.188. The zero-order valence-electron chi connectivity index (χ0n) is 12.6. The summed E-state index contributed by atoms with van der Waals surface area (Å²) in [5.41, 5.74) is 1.18. The molecule has 0 aliphatic carbocycles. The molecule has 2 rings (SSSR count). The number of esters is 1. The van der Waals surface area contributed by atoms with Crippen LogP contribution in [0.3, 0.4) is 0 Å². The minimum atomic E-state index is -0.497. The lowest BCUT2D eigenvalue weighted by molar-refractivity contribution is 0.0601. The number of carbonyl (C=O) groups excluding carboxylic acids is 2. The van der Waals surface area contributed by atoms with Crippen molar-refractivity contribution >= 4 is 17.6 Å². The van der Waals surface area contributed by atoms with E-state index in [1.807, 2.05) is 0 Å². The van der Waals surface area contributed by atoms with Gasteiger partial charge < -0.3 is 14.4 Å². The third-order valence-electron chi connectivity index (χ3n) is 3.17. The van der Waals surface area contributed by atoms with E-state index < -0.39 is 5.97 Å². The Morgan fingerprint density at radius 3 is 2.41 bits per heavy atom. The number of para-hydroxylation sites is 1. The summed E-state index contributed by atoms with van der Waals surface area (Å²) in [4.78, 5) is 29.7. The highest BCUT2D eigenvalue weighted by Crippen LogP contribution is 2.22. The summed E-state index contributed by atoms with van der Waals surface area (Å²) < 4.78 is 9.70. The summed E-state index contributed by atoms with van der Waals surface area (Å²) in [7, 11) is 4.39. The molecule has 0 radical (unpaired) electrons. The Kier molecular flexibility index (Phi) is 4.73. The van der Waals surface area contributed by atoms with Gasteiger partial charge in [0.05, 0.1) is 31.0 Å². The average Bonchev–Trinajstić information content (AvgIpc) is 2.59. The van der Waals surface area contributed by atoms with Crippen LogP contribution >= 0.6 is 0 Å². The summed E-state index contributed by atoms with van der Waals surface area (Å²) in [5, 5.41) is 0. The molecule has 0 bridgehead atoms. The van der Waals surface area contributed by atoms with Gasteiger partial charge in [-0.3, -0.25) is 4.79 Å². The van der Waals surface area contributed by atoms with Crippen LogP contribution in [0.25, 0.3) is 0 Å². The summed E-state index contributed by atoms with van der Waals surface area (Å²) in [6.45, 7) is 0. The van der Waals surface area contributed by atoms with E-state index >= 15 is 0 Å². The van der Waals surface area contributed by atoms with E-state index in [0.717, 1.165) is 0 Å². The number of aromatic nitrogens is 1. The fourth-order valence-electron chi connectivity index (χ4n) is 1.98. The smallest absolute Gasteiger partial charge is 0.339 e. The molecule has 6 heteroatoms. The van der Waals surface area contributed by atoms with Gasteiger partial charge in [-0.15, -0.1) is 0 Å². The number of amides is 1. The first kappa shape index (κ1) is 15.5. The minimum absolute atomic E-state index is 0.286. The zero-order valence-corrected chi connectivity index (χ0v) is 12.6. The molecule has 114 valence electrons. The van der Waals surface area contributed by atoms with Crippen LogP contribution < -0.4 is 9.64 Å². The third kappa shape index (κ3) is 3.06. The second-order valence-corrected chi connectivity index (χ2v) is 4.46. The van der Waals surface area contributed by atoms with Crippen LogP contribution in [0.2, 0.25) is 0 Å². The van der Waals surface area contributed by atoms with Gasteiger partial charge in [0.2, 0.25) is 5.88 Å². The molecule has 2 aromatic rings. The summed E-state index contributed by atoms with van der Waals surface area (Å²) in [5.74, 6) is -0.358. The van der Waals surface area contributed by atoms with Gasteiger partial charge in [-0.25, -0.2) is 9.78 Å². The van der Waals surface area contributed by atoms with E-state index in [1.165, 1.54) is 25.3 Å². The van der Waals surface area contributed by atoms with E-state index in [2.05, 4.69) is 4.98 Å². The highest BCUT2D eigenvalue weighted by atomic mass is 16.5. The minimum Gasteiger partial charge on any atom is -0.481 e. The monoisotopic (exact) mass is 300 g/mol. The molecular formula is C16H16N2O4. The molecule has 0 N–H and O–H groups in total. The number of anilines is 1. The summed E-state index contributed by atoms with van der Waals surface area (Å²) in [6.07, 6.45) is 1.43. The standard InChI is InChI=1S/C16H16N2O4/c1-18(13-7-5-4-6-12(13)16(20)22-3)15(19)11-8-9-14(21-2)17-10-11/h4-10H,1-3H3. The topological polar surface area (TPSA) is 68.7 Å².